The zero-order chi connectivity index (χ0) is 17.3. The molecular formula is C16H12F3N3O2. The van der Waals surface area contributed by atoms with Crippen molar-refractivity contribution in [3.8, 4) is 0 Å². The summed E-state index contributed by atoms with van der Waals surface area (Å²) in [5, 5.41) is 14.4. The molecule has 0 aliphatic rings. The number of hydrogen-bond acceptors (Lipinski definition) is 4. The smallest absolute Gasteiger partial charge is 0.386 e. The quantitative estimate of drug-likeness (QED) is 0.799. The highest BCUT2D eigenvalue weighted by Crippen LogP contribution is 2.30. The van der Waals surface area contributed by atoms with Crippen LogP contribution in [0, 0.1) is 0 Å². The lowest BCUT2D eigenvalue weighted by atomic mass is 10.1. The van der Waals surface area contributed by atoms with Gasteiger partial charge in [0.1, 0.15) is 0 Å². The van der Waals surface area contributed by atoms with E-state index in [2.05, 4.69) is 10.1 Å². The summed E-state index contributed by atoms with van der Waals surface area (Å²) in [6, 6.07) is 7.52. The average Bonchev–Trinajstić information content (AvgIpc) is 2.57. The molecule has 2 heterocycles. The maximum Gasteiger partial charge on any atom is 0.416 e. The molecule has 3 rings (SSSR count). The van der Waals surface area contributed by atoms with Crippen LogP contribution in [0.15, 0.2) is 53.6 Å². The highest BCUT2D eigenvalue weighted by Gasteiger charge is 2.30. The molecule has 0 aliphatic carbocycles. The fourth-order valence-electron chi connectivity index (χ4n) is 2.34. The average molecular weight is 335 g/mol. The van der Waals surface area contributed by atoms with Crippen molar-refractivity contribution in [2.45, 2.75) is 18.8 Å². The van der Waals surface area contributed by atoms with E-state index in [0.29, 0.717) is 10.9 Å². The molecule has 1 aromatic carbocycles. The van der Waals surface area contributed by atoms with Crippen LogP contribution in [-0.4, -0.2) is 19.9 Å². The molecular weight excluding hydrogens is 323 g/mol. The fourth-order valence-corrected chi connectivity index (χ4v) is 2.34. The summed E-state index contributed by atoms with van der Waals surface area (Å²) >= 11 is 0. The molecule has 2 aromatic heterocycles. The molecule has 124 valence electrons. The molecule has 0 aliphatic heterocycles. The molecule has 8 heteroatoms. The first-order chi connectivity index (χ1) is 11.4. The van der Waals surface area contributed by atoms with Gasteiger partial charge >= 0.3 is 6.18 Å². The monoisotopic (exact) mass is 335 g/mol. The molecule has 0 radical (unpaired) electrons. The topological polar surface area (TPSA) is 68.0 Å². The Bertz CT molecular complexity index is 937. The van der Waals surface area contributed by atoms with E-state index in [1.165, 1.54) is 24.5 Å². The van der Waals surface area contributed by atoms with Crippen molar-refractivity contribution in [2.75, 3.05) is 0 Å². The van der Waals surface area contributed by atoms with E-state index in [1.54, 1.807) is 12.1 Å². The van der Waals surface area contributed by atoms with E-state index >= 15 is 0 Å². The predicted molar refractivity (Wildman–Crippen MR) is 80.2 cm³/mol. The van der Waals surface area contributed by atoms with Crippen molar-refractivity contribution in [1.82, 2.24) is 14.8 Å². The molecule has 0 fully saturated rings. The van der Waals surface area contributed by atoms with Crippen LogP contribution in [-0.2, 0) is 12.7 Å². The first-order valence-corrected chi connectivity index (χ1v) is 7.02. The first kappa shape index (κ1) is 16.1. The zero-order valence-electron chi connectivity index (χ0n) is 12.2. The van der Waals surface area contributed by atoms with E-state index in [4.69, 9.17) is 0 Å². The summed E-state index contributed by atoms with van der Waals surface area (Å²) in [5.74, 6) is 0. The van der Waals surface area contributed by atoms with Crippen LogP contribution in [0.3, 0.4) is 0 Å². The number of aliphatic hydroxyl groups excluding tert-OH is 1. The fraction of sp³-hybridized carbons (Fsp3) is 0.188. The number of aliphatic hydroxyl groups is 1. The number of alkyl halides is 3. The number of fused-ring (bicyclic) bond motifs is 1. The summed E-state index contributed by atoms with van der Waals surface area (Å²) in [4.78, 5) is 16.3. The third kappa shape index (κ3) is 3.13. The number of aromatic nitrogens is 3. The Morgan fingerprint density at radius 2 is 2.00 bits per heavy atom. The Balaban J connectivity index is 1.92. The van der Waals surface area contributed by atoms with Crippen LogP contribution in [0.1, 0.15) is 17.2 Å². The van der Waals surface area contributed by atoms with Gasteiger partial charge in [-0.2, -0.15) is 18.3 Å². The number of halogens is 3. The van der Waals surface area contributed by atoms with Crippen LogP contribution in [0.4, 0.5) is 13.2 Å². The van der Waals surface area contributed by atoms with Crippen molar-refractivity contribution >= 4 is 10.9 Å². The maximum absolute atomic E-state index is 12.7. The lowest BCUT2D eigenvalue weighted by molar-refractivity contribution is -0.137. The zero-order valence-corrected chi connectivity index (χ0v) is 12.2. The number of nitrogens with zero attached hydrogens (tertiary/aromatic N) is 3. The molecule has 0 unspecified atom stereocenters. The molecule has 0 saturated heterocycles. The third-order valence-corrected chi connectivity index (χ3v) is 3.57. The van der Waals surface area contributed by atoms with Gasteiger partial charge in [-0.1, -0.05) is 12.1 Å². The lowest BCUT2D eigenvalue weighted by Gasteiger charge is -2.14. The molecule has 0 saturated carbocycles. The second kappa shape index (κ2) is 6.04. The molecule has 5 nitrogen and oxygen atoms in total. The van der Waals surface area contributed by atoms with E-state index in [0.717, 1.165) is 16.8 Å². The number of hydrogen-bond donors (Lipinski definition) is 1. The molecule has 1 atom stereocenters. The minimum atomic E-state index is -4.50. The molecule has 0 spiro atoms. The summed E-state index contributed by atoms with van der Waals surface area (Å²) < 4.78 is 39.2. The van der Waals surface area contributed by atoms with Gasteiger partial charge in [-0.15, -0.1) is 0 Å². The van der Waals surface area contributed by atoms with Crippen molar-refractivity contribution < 1.29 is 18.3 Å². The standard InChI is InChI=1S/C16H12F3N3O2/c17-16(18,19)11-4-1-3-10(7-11)14(23)9-22-15(24)12-5-2-6-20-13(12)8-21-22/h1-8,14,23H,9H2/t14-/m1/s1. The SMILES string of the molecule is O=c1c2cccnc2cnn1C[C@@H](O)c1cccc(C(F)(F)F)c1. The van der Waals surface area contributed by atoms with Crippen LogP contribution >= 0.6 is 0 Å². The van der Waals surface area contributed by atoms with E-state index < -0.39 is 23.4 Å². The summed E-state index contributed by atoms with van der Waals surface area (Å²) in [6.45, 7) is -0.259. The molecule has 24 heavy (non-hydrogen) atoms. The summed E-state index contributed by atoms with van der Waals surface area (Å²) in [7, 11) is 0. The van der Waals surface area contributed by atoms with Gasteiger partial charge < -0.3 is 5.11 Å². The summed E-state index contributed by atoms with van der Waals surface area (Å²) in [5.41, 5.74) is -0.856. The third-order valence-electron chi connectivity index (χ3n) is 3.57. The van der Waals surface area contributed by atoms with E-state index in [9.17, 15) is 23.1 Å². The van der Waals surface area contributed by atoms with Gasteiger partial charge in [-0.25, -0.2) is 4.68 Å². The van der Waals surface area contributed by atoms with Gasteiger partial charge in [0.2, 0.25) is 0 Å². The number of benzene rings is 1. The van der Waals surface area contributed by atoms with Gasteiger partial charge in [0, 0.05) is 6.20 Å². The molecule has 1 N–H and O–H groups in total. The Labute approximate surface area is 134 Å². The Morgan fingerprint density at radius 1 is 1.21 bits per heavy atom. The predicted octanol–water partition coefficient (Wildman–Crippen LogP) is 2.54. The number of pyridine rings is 1. The van der Waals surface area contributed by atoms with Crippen molar-refractivity contribution in [2.24, 2.45) is 0 Å². The minimum Gasteiger partial charge on any atom is -0.386 e. The number of rotatable bonds is 3. The van der Waals surface area contributed by atoms with Crippen LogP contribution in [0.2, 0.25) is 0 Å². The first-order valence-electron chi connectivity index (χ1n) is 7.02. The molecule has 0 amide bonds. The Hall–Kier alpha value is -2.74. The normalized spacial score (nSPS) is 13.2. The molecule has 3 aromatic rings. The largest absolute Gasteiger partial charge is 0.416 e. The minimum absolute atomic E-state index is 0.0600. The van der Waals surface area contributed by atoms with Crippen LogP contribution in [0.5, 0.6) is 0 Å². The van der Waals surface area contributed by atoms with Gasteiger partial charge in [0.05, 0.1) is 35.3 Å². The van der Waals surface area contributed by atoms with E-state index in [-0.39, 0.29) is 12.1 Å². The summed E-state index contributed by atoms with van der Waals surface area (Å²) in [6.07, 6.45) is -2.91. The van der Waals surface area contributed by atoms with Gasteiger partial charge in [-0.05, 0) is 29.8 Å². The van der Waals surface area contributed by atoms with Crippen LogP contribution in [0.25, 0.3) is 10.9 Å². The van der Waals surface area contributed by atoms with Crippen molar-refractivity contribution in [3.05, 3.63) is 70.3 Å². The molecule has 0 bridgehead atoms. The highest BCUT2D eigenvalue weighted by atomic mass is 19.4. The van der Waals surface area contributed by atoms with Crippen LogP contribution < -0.4 is 5.56 Å². The maximum atomic E-state index is 12.7. The lowest BCUT2D eigenvalue weighted by Crippen LogP contribution is -2.26. The second-order valence-corrected chi connectivity index (χ2v) is 5.21. The second-order valence-electron chi connectivity index (χ2n) is 5.21. The van der Waals surface area contributed by atoms with Gasteiger partial charge in [-0.3, -0.25) is 9.78 Å². The van der Waals surface area contributed by atoms with E-state index in [1.807, 2.05) is 0 Å². The van der Waals surface area contributed by atoms with Gasteiger partial charge in [0.25, 0.3) is 5.56 Å². The van der Waals surface area contributed by atoms with Crippen molar-refractivity contribution in [1.29, 1.82) is 0 Å². The Morgan fingerprint density at radius 3 is 2.75 bits per heavy atom. The highest BCUT2D eigenvalue weighted by molar-refractivity contribution is 5.75. The van der Waals surface area contributed by atoms with Gasteiger partial charge in [0.15, 0.2) is 0 Å². The van der Waals surface area contributed by atoms with Crippen molar-refractivity contribution in [3.63, 3.8) is 0 Å². The Kier molecular flexibility index (Phi) is 4.06.